The zero-order valence-corrected chi connectivity index (χ0v) is 16.5. The van der Waals surface area contributed by atoms with Crippen molar-refractivity contribution in [2.75, 3.05) is 7.05 Å². The molecule has 6 heteroatoms. The number of carbonyl (C=O) groups excluding carboxylic acids is 1. The topological polar surface area (TPSA) is 55.2 Å². The molecule has 2 aliphatic carbocycles. The van der Waals surface area contributed by atoms with Crippen LogP contribution in [0.5, 0.6) is 0 Å². The zero-order valence-electron chi connectivity index (χ0n) is 15.7. The largest absolute Gasteiger partial charge is 0.341 e. The maximum Gasteiger partial charge on any atom is 0.262 e. The van der Waals surface area contributed by atoms with Crippen LogP contribution in [0.15, 0.2) is 11.1 Å². The minimum absolute atomic E-state index is 0.0119. The van der Waals surface area contributed by atoms with Gasteiger partial charge in [-0.15, -0.1) is 11.3 Å². The summed E-state index contributed by atoms with van der Waals surface area (Å²) in [7, 11) is 1.88. The van der Waals surface area contributed by atoms with Crippen LogP contribution in [0.3, 0.4) is 0 Å². The maximum atomic E-state index is 13.0. The molecule has 1 amide bonds. The fraction of sp³-hybridized carbons (Fsp3) is 0.650. The lowest BCUT2D eigenvalue weighted by molar-refractivity contribution is -0.133. The van der Waals surface area contributed by atoms with Crippen LogP contribution in [0.1, 0.15) is 55.9 Å². The molecule has 0 saturated heterocycles. The van der Waals surface area contributed by atoms with E-state index in [2.05, 4.69) is 11.9 Å². The van der Waals surface area contributed by atoms with E-state index in [-0.39, 0.29) is 18.0 Å². The third kappa shape index (κ3) is 3.20. The van der Waals surface area contributed by atoms with Crippen molar-refractivity contribution < 1.29 is 4.79 Å². The number of carbonyl (C=O) groups is 1. The van der Waals surface area contributed by atoms with Gasteiger partial charge in [-0.3, -0.25) is 14.2 Å². The SMILES string of the molecule is C[C@H]1CCc2c(sc3ncn(CC(=O)N(C)C4CCCCC4)c(=O)c23)C1. The number of hydrogen-bond acceptors (Lipinski definition) is 4. The molecular weight excluding hydrogens is 346 g/mol. The molecule has 0 aliphatic heterocycles. The number of aromatic nitrogens is 2. The molecule has 140 valence electrons. The van der Waals surface area contributed by atoms with E-state index in [9.17, 15) is 9.59 Å². The highest BCUT2D eigenvalue weighted by atomic mass is 32.1. The summed E-state index contributed by atoms with van der Waals surface area (Å²) in [4.78, 5) is 34.2. The predicted octanol–water partition coefficient (Wildman–Crippen LogP) is 3.37. The Labute approximate surface area is 158 Å². The molecule has 1 atom stereocenters. The second-order valence-electron chi connectivity index (χ2n) is 8.01. The number of hydrogen-bond donors (Lipinski definition) is 0. The van der Waals surface area contributed by atoms with E-state index in [1.165, 1.54) is 34.3 Å². The first-order chi connectivity index (χ1) is 12.5. The second-order valence-corrected chi connectivity index (χ2v) is 9.09. The molecule has 2 aromatic rings. The fourth-order valence-electron chi connectivity index (χ4n) is 4.41. The summed E-state index contributed by atoms with van der Waals surface area (Å²) >= 11 is 1.65. The number of rotatable bonds is 3. The average molecular weight is 374 g/mol. The van der Waals surface area contributed by atoms with Crippen LogP contribution in [0.25, 0.3) is 10.2 Å². The molecule has 0 N–H and O–H groups in total. The van der Waals surface area contributed by atoms with Crippen molar-refractivity contribution in [3.05, 3.63) is 27.1 Å². The first-order valence-electron chi connectivity index (χ1n) is 9.80. The summed E-state index contributed by atoms with van der Waals surface area (Å²) < 4.78 is 1.51. The van der Waals surface area contributed by atoms with Gasteiger partial charge in [-0.1, -0.05) is 26.2 Å². The van der Waals surface area contributed by atoms with Crippen molar-refractivity contribution in [3.8, 4) is 0 Å². The standard InChI is InChI=1S/C20H27N3O2S/c1-13-8-9-15-16(10-13)26-19-18(15)20(25)23(12-21-19)11-17(24)22(2)14-6-4-3-5-7-14/h12-14H,3-11H2,1-2H3/t13-/m0/s1. The first kappa shape index (κ1) is 17.7. The first-order valence-corrected chi connectivity index (χ1v) is 10.6. The quantitative estimate of drug-likeness (QED) is 0.829. The smallest absolute Gasteiger partial charge is 0.262 e. The minimum Gasteiger partial charge on any atom is -0.341 e. The van der Waals surface area contributed by atoms with E-state index in [4.69, 9.17) is 0 Å². The van der Waals surface area contributed by atoms with Crippen LogP contribution in [-0.2, 0) is 24.2 Å². The molecule has 2 aromatic heterocycles. The van der Waals surface area contributed by atoms with Crippen LogP contribution in [-0.4, -0.2) is 33.4 Å². The molecule has 0 unspecified atom stereocenters. The van der Waals surface area contributed by atoms with Gasteiger partial charge in [0, 0.05) is 18.0 Å². The fourth-order valence-corrected chi connectivity index (χ4v) is 5.75. The third-order valence-electron chi connectivity index (χ3n) is 6.10. The molecular formula is C20H27N3O2S. The van der Waals surface area contributed by atoms with Gasteiger partial charge in [-0.05, 0) is 43.6 Å². The van der Waals surface area contributed by atoms with Crippen LogP contribution < -0.4 is 5.56 Å². The lowest BCUT2D eigenvalue weighted by Crippen LogP contribution is -2.41. The summed E-state index contributed by atoms with van der Waals surface area (Å²) in [6.07, 6.45) is 10.5. The summed E-state index contributed by atoms with van der Waals surface area (Å²) in [6.45, 7) is 2.36. The van der Waals surface area contributed by atoms with E-state index < -0.39 is 0 Å². The molecule has 0 bridgehead atoms. The molecule has 5 nitrogen and oxygen atoms in total. The lowest BCUT2D eigenvalue weighted by Gasteiger charge is -2.31. The van der Waals surface area contributed by atoms with Gasteiger partial charge in [-0.25, -0.2) is 4.98 Å². The van der Waals surface area contributed by atoms with Gasteiger partial charge in [0.25, 0.3) is 5.56 Å². The predicted molar refractivity (Wildman–Crippen MR) is 105 cm³/mol. The van der Waals surface area contributed by atoms with Gasteiger partial charge >= 0.3 is 0 Å². The van der Waals surface area contributed by atoms with E-state index in [0.717, 1.165) is 42.3 Å². The Balaban J connectivity index is 1.60. The molecule has 0 radical (unpaired) electrons. The summed E-state index contributed by atoms with van der Waals surface area (Å²) in [6, 6.07) is 0.319. The van der Waals surface area contributed by atoms with Gasteiger partial charge in [0.05, 0.1) is 11.7 Å². The van der Waals surface area contributed by atoms with Gasteiger partial charge in [-0.2, -0.15) is 0 Å². The molecule has 4 rings (SSSR count). The third-order valence-corrected chi connectivity index (χ3v) is 7.27. The van der Waals surface area contributed by atoms with Crippen molar-refractivity contribution in [1.82, 2.24) is 14.5 Å². The van der Waals surface area contributed by atoms with Crippen LogP contribution >= 0.6 is 11.3 Å². The highest BCUT2D eigenvalue weighted by molar-refractivity contribution is 7.18. The Morgan fingerprint density at radius 2 is 2.08 bits per heavy atom. The van der Waals surface area contributed by atoms with Crippen LogP contribution in [0.2, 0.25) is 0 Å². The summed E-state index contributed by atoms with van der Waals surface area (Å²) in [5.41, 5.74) is 1.13. The molecule has 1 fully saturated rings. The van der Waals surface area contributed by atoms with E-state index in [1.54, 1.807) is 17.7 Å². The van der Waals surface area contributed by atoms with Crippen molar-refractivity contribution in [2.45, 2.75) is 70.9 Å². The van der Waals surface area contributed by atoms with Gasteiger partial charge in [0.1, 0.15) is 11.4 Å². The lowest BCUT2D eigenvalue weighted by atomic mass is 9.89. The van der Waals surface area contributed by atoms with E-state index in [1.807, 2.05) is 11.9 Å². The Morgan fingerprint density at radius 3 is 2.85 bits per heavy atom. The molecule has 26 heavy (non-hydrogen) atoms. The van der Waals surface area contributed by atoms with E-state index in [0.29, 0.717) is 12.0 Å². The van der Waals surface area contributed by atoms with Gasteiger partial charge < -0.3 is 4.90 Å². The Morgan fingerprint density at radius 1 is 1.31 bits per heavy atom. The molecule has 0 spiro atoms. The Kier molecular flexibility index (Phi) is 4.86. The normalized spacial score (nSPS) is 20.9. The number of fused-ring (bicyclic) bond motifs is 3. The minimum atomic E-state index is -0.0487. The second kappa shape index (κ2) is 7.14. The van der Waals surface area contributed by atoms with Crippen LogP contribution in [0, 0.1) is 5.92 Å². The maximum absolute atomic E-state index is 13.0. The number of nitrogens with zero attached hydrogens (tertiary/aromatic N) is 3. The van der Waals surface area contributed by atoms with Crippen molar-refractivity contribution >= 4 is 27.5 Å². The number of thiophene rings is 1. The zero-order chi connectivity index (χ0) is 18.3. The summed E-state index contributed by atoms with van der Waals surface area (Å²) in [5, 5.41) is 0.757. The number of amides is 1. The van der Waals surface area contributed by atoms with Crippen molar-refractivity contribution in [1.29, 1.82) is 0 Å². The monoisotopic (exact) mass is 373 g/mol. The van der Waals surface area contributed by atoms with Crippen molar-refractivity contribution in [2.24, 2.45) is 5.92 Å². The Hall–Kier alpha value is -1.69. The Bertz CT molecular complexity index is 879. The van der Waals surface area contributed by atoms with Crippen LogP contribution in [0.4, 0.5) is 0 Å². The summed E-state index contributed by atoms with van der Waals surface area (Å²) in [5.74, 6) is 0.682. The average Bonchev–Trinajstić information content (AvgIpc) is 3.02. The molecule has 2 aliphatic rings. The molecule has 2 heterocycles. The molecule has 0 aromatic carbocycles. The molecule has 1 saturated carbocycles. The van der Waals surface area contributed by atoms with Gasteiger partial charge in [0.15, 0.2) is 0 Å². The van der Waals surface area contributed by atoms with Gasteiger partial charge in [0.2, 0.25) is 5.91 Å². The number of aryl methyl sites for hydroxylation is 1. The highest BCUT2D eigenvalue weighted by Gasteiger charge is 2.25. The highest BCUT2D eigenvalue weighted by Crippen LogP contribution is 2.35. The number of likely N-dealkylation sites (N-methyl/N-ethyl adjacent to an activating group) is 1. The van der Waals surface area contributed by atoms with E-state index >= 15 is 0 Å². The van der Waals surface area contributed by atoms with Crippen molar-refractivity contribution in [3.63, 3.8) is 0 Å².